The van der Waals surface area contributed by atoms with E-state index in [-0.39, 0.29) is 36.1 Å². The van der Waals surface area contributed by atoms with E-state index in [0.29, 0.717) is 19.6 Å². The highest BCUT2D eigenvalue weighted by molar-refractivity contribution is 5.99. The first-order chi connectivity index (χ1) is 16.0. The Morgan fingerprint density at radius 1 is 1.00 bits per heavy atom. The van der Waals surface area contributed by atoms with Crippen LogP contribution in [0, 0.1) is 0 Å². The molecule has 0 radical (unpaired) electrons. The van der Waals surface area contributed by atoms with E-state index in [1.165, 1.54) is 19.4 Å². The molecule has 0 saturated heterocycles. The van der Waals surface area contributed by atoms with E-state index in [2.05, 4.69) is 22.5 Å². The lowest BCUT2D eigenvalue weighted by atomic mass is 10.2. The minimum absolute atomic E-state index is 0.0331. The summed E-state index contributed by atoms with van der Waals surface area (Å²) in [7, 11) is 1.37. The average Bonchev–Trinajstić information content (AvgIpc) is 2.85. The molecule has 0 spiro atoms. The number of rotatable bonds is 14. The van der Waals surface area contributed by atoms with Gasteiger partial charge >= 0.3 is 5.97 Å². The summed E-state index contributed by atoms with van der Waals surface area (Å²) in [5, 5.41) is 5.23. The maximum Gasteiger partial charge on any atom is 0.325 e. The molecule has 2 aromatic rings. The Bertz CT molecular complexity index is 904. The van der Waals surface area contributed by atoms with Gasteiger partial charge in [0.2, 0.25) is 0 Å². The molecule has 9 nitrogen and oxygen atoms in total. The minimum Gasteiger partial charge on any atom is -0.494 e. The highest BCUT2D eigenvalue weighted by atomic mass is 16.5. The Hall–Kier alpha value is -3.46. The summed E-state index contributed by atoms with van der Waals surface area (Å²) in [4.78, 5) is 40.7. The number of unbranched alkanes of at least 4 members (excludes halogenated alkanes) is 1. The number of carbonyl (C=O) groups excluding carboxylic acids is 3. The van der Waals surface area contributed by atoms with Crippen molar-refractivity contribution in [3.8, 4) is 5.75 Å². The van der Waals surface area contributed by atoms with Crippen LogP contribution in [0.15, 0.2) is 42.6 Å². The van der Waals surface area contributed by atoms with Gasteiger partial charge in [-0.15, -0.1) is 0 Å². The molecule has 0 aliphatic carbocycles. The Balaban J connectivity index is 1.80. The lowest BCUT2D eigenvalue weighted by Crippen LogP contribution is -2.31. The monoisotopic (exact) mass is 457 g/mol. The van der Waals surface area contributed by atoms with E-state index >= 15 is 0 Å². The number of methoxy groups -OCH3 is 1. The third-order valence-corrected chi connectivity index (χ3v) is 4.58. The predicted molar refractivity (Wildman–Crippen MR) is 122 cm³/mol. The molecule has 0 atom stereocenters. The van der Waals surface area contributed by atoms with Crippen LogP contribution in [0.5, 0.6) is 5.75 Å². The molecule has 1 aromatic carbocycles. The van der Waals surface area contributed by atoms with Gasteiger partial charge in [-0.3, -0.25) is 14.4 Å². The van der Waals surface area contributed by atoms with Crippen LogP contribution in [0.25, 0.3) is 0 Å². The number of esters is 1. The number of nitrogens with one attached hydrogen (secondary N) is 2. The molecule has 2 amide bonds. The first kappa shape index (κ1) is 25.8. The van der Waals surface area contributed by atoms with Crippen LogP contribution in [0.3, 0.4) is 0 Å². The lowest BCUT2D eigenvalue weighted by Gasteiger charge is -2.11. The second-order valence-corrected chi connectivity index (χ2v) is 7.18. The molecule has 2 rings (SSSR count). The SMILES string of the molecule is CCCCOCCCNC(=O)c1cnc(C(=O)NCC(=O)OCc2ccccc2)c(OC)c1. The Morgan fingerprint density at radius 3 is 2.48 bits per heavy atom. The molecule has 0 unspecified atom stereocenters. The number of ether oxygens (including phenoxy) is 3. The predicted octanol–water partition coefficient (Wildman–Crippen LogP) is 2.50. The van der Waals surface area contributed by atoms with Crippen LogP contribution >= 0.6 is 0 Å². The molecule has 0 aliphatic rings. The van der Waals surface area contributed by atoms with Crippen molar-refractivity contribution in [1.82, 2.24) is 15.6 Å². The largest absolute Gasteiger partial charge is 0.494 e. The molecule has 0 fully saturated rings. The van der Waals surface area contributed by atoms with Crippen LogP contribution in [0.4, 0.5) is 0 Å². The highest BCUT2D eigenvalue weighted by Crippen LogP contribution is 2.17. The van der Waals surface area contributed by atoms with Gasteiger partial charge in [-0.2, -0.15) is 0 Å². The fourth-order valence-electron chi connectivity index (χ4n) is 2.75. The van der Waals surface area contributed by atoms with E-state index in [0.717, 1.165) is 25.0 Å². The Kier molecular flexibility index (Phi) is 11.4. The maximum absolute atomic E-state index is 12.4. The van der Waals surface area contributed by atoms with Crippen molar-refractivity contribution in [2.75, 3.05) is 33.4 Å². The standard InChI is InChI=1S/C24H31N3O6/c1-3-4-12-32-13-8-11-25-23(29)19-14-20(31-2)22(26-15-19)24(30)27-16-21(28)33-17-18-9-6-5-7-10-18/h5-7,9-10,14-15H,3-4,8,11-13,16-17H2,1-2H3,(H,25,29)(H,27,30). The molecule has 0 saturated carbocycles. The van der Waals surface area contributed by atoms with Crippen LogP contribution in [-0.2, 0) is 20.9 Å². The summed E-state index contributed by atoms with van der Waals surface area (Å²) in [6, 6.07) is 10.7. The summed E-state index contributed by atoms with van der Waals surface area (Å²) >= 11 is 0. The number of hydrogen-bond donors (Lipinski definition) is 2. The molecular formula is C24H31N3O6. The van der Waals surface area contributed by atoms with Crippen LogP contribution in [-0.4, -0.2) is 56.2 Å². The smallest absolute Gasteiger partial charge is 0.325 e. The molecule has 0 bridgehead atoms. The van der Waals surface area contributed by atoms with Gasteiger partial charge in [0, 0.05) is 26.0 Å². The van der Waals surface area contributed by atoms with Gasteiger partial charge in [0.05, 0.1) is 12.7 Å². The van der Waals surface area contributed by atoms with E-state index in [1.807, 2.05) is 30.3 Å². The van der Waals surface area contributed by atoms with Gasteiger partial charge in [0.15, 0.2) is 11.4 Å². The van der Waals surface area contributed by atoms with Gasteiger partial charge in [0.1, 0.15) is 13.2 Å². The lowest BCUT2D eigenvalue weighted by molar-refractivity contribution is -0.143. The summed E-state index contributed by atoms with van der Waals surface area (Å²) in [6.45, 7) is 3.65. The van der Waals surface area contributed by atoms with E-state index in [1.54, 1.807) is 0 Å². The number of nitrogens with zero attached hydrogens (tertiary/aromatic N) is 1. The maximum atomic E-state index is 12.4. The van der Waals surface area contributed by atoms with Gasteiger partial charge < -0.3 is 24.8 Å². The number of aromatic nitrogens is 1. The summed E-state index contributed by atoms with van der Waals surface area (Å²) in [5.74, 6) is -1.40. The minimum atomic E-state index is -0.611. The molecule has 1 heterocycles. The molecule has 2 N–H and O–H groups in total. The molecule has 9 heteroatoms. The van der Waals surface area contributed by atoms with E-state index in [4.69, 9.17) is 14.2 Å². The van der Waals surface area contributed by atoms with Gasteiger partial charge in [-0.05, 0) is 24.5 Å². The van der Waals surface area contributed by atoms with Gasteiger partial charge in [0.25, 0.3) is 11.8 Å². The normalized spacial score (nSPS) is 10.4. The molecule has 33 heavy (non-hydrogen) atoms. The van der Waals surface area contributed by atoms with Crippen molar-refractivity contribution >= 4 is 17.8 Å². The zero-order chi connectivity index (χ0) is 23.9. The van der Waals surface area contributed by atoms with Gasteiger partial charge in [-0.25, -0.2) is 4.98 Å². The number of carbonyl (C=O) groups is 3. The second-order valence-electron chi connectivity index (χ2n) is 7.18. The highest BCUT2D eigenvalue weighted by Gasteiger charge is 2.18. The van der Waals surface area contributed by atoms with Crippen LogP contribution in [0.2, 0.25) is 0 Å². The molecule has 178 valence electrons. The quantitative estimate of drug-likeness (QED) is 0.331. The first-order valence-electron chi connectivity index (χ1n) is 10.9. The van der Waals surface area contributed by atoms with E-state index in [9.17, 15) is 14.4 Å². The number of pyridine rings is 1. The summed E-state index contributed by atoms with van der Waals surface area (Å²) < 4.78 is 15.8. The fourth-order valence-corrected chi connectivity index (χ4v) is 2.75. The molecular weight excluding hydrogens is 426 g/mol. The number of hydrogen-bond acceptors (Lipinski definition) is 7. The summed E-state index contributed by atoms with van der Waals surface area (Å²) in [6.07, 6.45) is 4.09. The van der Waals surface area contributed by atoms with Crippen molar-refractivity contribution < 1.29 is 28.6 Å². The van der Waals surface area contributed by atoms with Crippen molar-refractivity contribution in [2.45, 2.75) is 32.8 Å². The van der Waals surface area contributed by atoms with Crippen molar-refractivity contribution in [3.05, 3.63) is 59.4 Å². The zero-order valence-corrected chi connectivity index (χ0v) is 19.1. The number of amides is 2. The topological polar surface area (TPSA) is 116 Å². The first-order valence-corrected chi connectivity index (χ1v) is 10.9. The van der Waals surface area contributed by atoms with Crippen molar-refractivity contribution in [2.24, 2.45) is 0 Å². The Labute approximate surface area is 193 Å². The number of benzene rings is 1. The third-order valence-electron chi connectivity index (χ3n) is 4.58. The van der Waals surface area contributed by atoms with E-state index < -0.39 is 11.9 Å². The van der Waals surface area contributed by atoms with Crippen LogP contribution in [0.1, 0.15) is 52.6 Å². The average molecular weight is 458 g/mol. The molecule has 0 aliphatic heterocycles. The second kappa shape index (κ2) is 14.6. The van der Waals surface area contributed by atoms with Crippen molar-refractivity contribution in [3.63, 3.8) is 0 Å². The fraction of sp³-hybridized carbons (Fsp3) is 0.417. The zero-order valence-electron chi connectivity index (χ0n) is 19.1. The third kappa shape index (κ3) is 9.28. The molecule has 1 aromatic heterocycles. The van der Waals surface area contributed by atoms with Gasteiger partial charge in [-0.1, -0.05) is 43.7 Å². The Morgan fingerprint density at radius 2 is 1.76 bits per heavy atom. The van der Waals surface area contributed by atoms with Crippen molar-refractivity contribution in [1.29, 1.82) is 0 Å². The summed E-state index contributed by atoms with van der Waals surface area (Å²) in [5.41, 5.74) is 1.07. The van der Waals surface area contributed by atoms with Crippen LogP contribution < -0.4 is 15.4 Å².